The van der Waals surface area contributed by atoms with Crippen molar-refractivity contribution in [3.63, 3.8) is 0 Å². The number of carbonyl (C=O) groups excluding carboxylic acids is 2. The van der Waals surface area contributed by atoms with Crippen molar-refractivity contribution in [1.82, 2.24) is 0 Å². The van der Waals surface area contributed by atoms with Gasteiger partial charge in [-0.2, -0.15) is 26.3 Å². The molecule has 0 saturated carbocycles. The highest BCUT2D eigenvalue weighted by Crippen LogP contribution is 2.34. The summed E-state index contributed by atoms with van der Waals surface area (Å²) in [7, 11) is 0. The first-order valence-electron chi connectivity index (χ1n) is 8.60. The van der Waals surface area contributed by atoms with Gasteiger partial charge < -0.3 is 19.7 Å². The van der Waals surface area contributed by atoms with E-state index in [4.69, 9.17) is 10.2 Å². The largest absolute Gasteiger partial charge is 0.478 e. The van der Waals surface area contributed by atoms with E-state index < -0.39 is 70.0 Å². The second-order valence-corrected chi connectivity index (χ2v) is 6.20. The lowest BCUT2D eigenvalue weighted by atomic mass is 10.1. The van der Waals surface area contributed by atoms with Crippen LogP contribution in [0, 0.1) is 0 Å². The average Bonchev–Trinajstić information content (AvgIpc) is 2.70. The predicted octanol–water partition coefficient (Wildman–Crippen LogP) is 4.19. The van der Waals surface area contributed by atoms with Crippen LogP contribution in [-0.4, -0.2) is 34.1 Å². The van der Waals surface area contributed by atoms with Gasteiger partial charge in [-0.15, -0.1) is 0 Å². The van der Waals surface area contributed by atoms with E-state index in [1.165, 1.54) is 0 Å². The minimum absolute atomic E-state index is 0.231. The second-order valence-electron chi connectivity index (χ2n) is 6.20. The Balaban J connectivity index is 2.23. The van der Waals surface area contributed by atoms with Crippen molar-refractivity contribution in [2.45, 2.75) is 12.4 Å². The van der Waals surface area contributed by atoms with E-state index in [0.717, 1.165) is 0 Å². The summed E-state index contributed by atoms with van der Waals surface area (Å²) in [5, 5.41) is 18.0. The van der Waals surface area contributed by atoms with Gasteiger partial charge in [-0.25, -0.2) is 19.2 Å². The summed E-state index contributed by atoms with van der Waals surface area (Å²) in [4.78, 5) is 45.9. The van der Waals surface area contributed by atoms with Gasteiger partial charge in [0.25, 0.3) is 0 Å². The monoisotopic (exact) mass is 492 g/mol. The number of rotatable bonds is 6. The quantitative estimate of drug-likeness (QED) is 0.266. The molecule has 0 aliphatic carbocycles. The van der Waals surface area contributed by atoms with Crippen molar-refractivity contribution in [2.75, 3.05) is 0 Å². The Kier molecular flexibility index (Phi) is 7.34. The van der Waals surface area contributed by atoms with Gasteiger partial charge in [-0.05, 0) is 36.4 Å². The Morgan fingerprint density at radius 2 is 0.971 bits per heavy atom. The molecule has 2 aromatic rings. The number of aromatic carboxylic acids is 2. The fourth-order valence-corrected chi connectivity index (χ4v) is 2.34. The summed E-state index contributed by atoms with van der Waals surface area (Å²) in [6.07, 6.45) is -9.24. The van der Waals surface area contributed by atoms with E-state index in [2.05, 4.69) is 9.47 Å². The van der Waals surface area contributed by atoms with Crippen molar-refractivity contribution in [2.24, 2.45) is 0 Å². The summed E-state index contributed by atoms with van der Waals surface area (Å²) < 4.78 is 85.9. The third kappa shape index (κ3) is 6.57. The summed E-state index contributed by atoms with van der Waals surface area (Å²) in [6.45, 7) is 0. The summed E-state index contributed by atoms with van der Waals surface area (Å²) >= 11 is 0. The molecule has 0 amide bonds. The van der Waals surface area contributed by atoms with E-state index in [-0.39, 0.29) is 24.3 Å². The molecule has 0 saturated heterocycles. The van der Waals surface area contributed by atoms with Gasteiger partial charge in [-0.1, -0.05) is 0 Å². The summed E-state index contributed by atoms with van der Waals surface area (Å²) in [6, 6.07) is 2.40. The number of ether oxygens (including phenoxy) is 2. The van der Waals surface area contributed by atoms with Gasteiger partial charge in [0.05, 0.1) is 11.1 Å². The first-order chi connectivity index (χ1) is 15.6. The predicted molar refractivity (Wildman–Crippen MR) is 97.2 cm³/mol. The molecule has 2 aromatic carbocycles. The standard InChI is InChI=1S/C20H10F6O8/c21-19(22,23)9-1-3-11(17(29)30)13(7-9)33-15(27)5-6-16(28)34-14-8-10(20(24,25)26)2-4-12(14)18(31)32/h1-8H,(H,29,30)(H,31,32)/b6-5+. The fraction of sp³-hybridized carbons (Fsp3) is 0.100. The Morgan fingerprint density at radius 3 is 1.24 bits per heavy atom. The average molecular weight is 492 g/mol. The Morgan fingerprint density at radius 1 is 0.647 bits per heavy atom. The minimum atomic E-state index is -4.90. The van der Waals surface area contributed by atoms with E-state index in [0.29, 0.717) is 24.3 Å². The van der Waals surface area contributed by atoms with Gasteiger partial charge in [0.15, 0.2) is 0 Å². The molecule has 0 heterocycles. The number of carbonyl (C=O) groups is 4. The van der Waals surface area contributed by atoms with E-state index in [9.17, 15) is 45.5 Å². The van der Waals surface area contributed by atoms with Crippen LogP contribution >= 0.6 is 0 Å². The number of carboxylic acids is 2. The Bertz CT molecular complexity index is 1090. The van der Waals surface area contributed by atoms with E-state index in [1.807, 2.05) is 0 Å². The lowest BCUT2D eigenvalue weighted by molar-refractivity contribution is -0.138. The van der Waals surface area contributed by atoms with Crippen LogP contribution in [0.2, 0.25) is 0 Å². The van der Waals surface area contributed by atoms with Crippen molar-refractivity contribution >= 4 is 23.9 Å². The Labute approximate surface area is 184 Å². The zero-order valence-electron chi connectivity index (χ0n) is 16.2. The molecule has 0 aromatic heterocycles. The molecule has 180 valence electrons. The molecule has 0 aliphatic heterocycles. The highest BCUT2D eigenvalue weighted by Gasteiger charge is 2.33. The van der Waals surface area contributed by atoms with Crippen LogP contribution in [0.5, 0.6) is 11.5 Å². The first-order valence-corrected chi connectivity index (χ1v) is 8.60. The number of hydrogen-bond donors (Lipinski definition) is 2. The van der Waals surface area contributed by atoms with Gasteiger partial charge in [-0.3, -0.25) is 0 Å². The van der Waals surface area contributed by atoms with Gasteiger partial charge in [0.2, 0.25) is 0 Å². The van der Waals surface area contributed by atoms with Crippen molar-refractivity contribution in [3.8, 4) is 11.5 Å². The number of hydrogen-bond acceptors (Lipinski definition) is 6. The molecule has 34 heavy (non-hydrogen) atoms. The number of alkyl halides is 6. The maximum absolute atomic E-state index is 12.8. The zero-order valence-corrected chi connectivity index (χ0v) is 16.2. The molecule has 0 unspecified atom stereocenters. The molecule has 0 atom stereocenters. The van der Waals surface area contributed by atoms with Gasteiger partial charge in [0, 0.05) is 12.2 Å². The first kappa shape index (κ1) is 25.9. The molecule has 2 rings (SSSR count). The van der Waals surface area contributed by atoms with Crippen LogP contribution in [0.3, 0.4) is 0 Å². The van der Waals surface area contributed by atoms with Crippen LogP contribution in [-0.2, 0) is 21.9 Å². The summed E-state index contributed by atoms with van der Waals surface area (Å²) in [5.74, 6) is -8.55. The van der Waals surface area contributed by atoms with E-state index >= 15 is 0 Å². The molecule has 0 spiro atoms. The number of esters is 2. The highest BCUT2D eigenvalue weighted by atomic mass is 19.4. The lowest BCUT2D eigenvalue weighted by Crippen LogP contribution is -2.14. The number of carboxylic acid groups (broad SMARTS) is 2. The van der Waals surface area contributed by atoms with Crippen LogP contribution in [0.15, 0.2) is 48.6 Å². The third-order valence-corrected chi connectivity index (χ3v) is 3.86. The molecule has 2 N–H and O–H groups in total. The lowest BCUT2D eigenvalue weighted by Gasteiger charge is -2.11. The molecule has 0 radical (unpaired) electrons. The van der Waals surface area contributed by atoms with Gasteiger partial charge >= 0.3 is 36.2 Å². The molecule has 0 aliphatic rings. The SMILES string of the molecule is O=C(/C=C/C(=O)Oc1cc(C(F)(F)F)ccc1C(=O)O)Oc1cc(C(F)(F)F)ccc1C(=O)O. The number of halogens is 6. The van der Waals surface area contributed by atoms with Crippen molar-refractivity contribution in [3.05, 3.63) is 70.8 Å². The van der Waals surface area contributed by atoms with Crippen LogP contribution in [0.4, 0.5) is 26.3 Å². The van der Waals surface area contributed by atoms with Gasteiger partial charge in [0.1, 0.15) is 22.6 Å². The molecular weight excluding hydrogens is 482 g/mol. The fourth-order valence-electron chi connectivity index (χ4n) is 2.34. The minimum Gasteiger partial charge on any atom is -0.478 e. The van der Waals surface area contributed by atoms with Crippen LogP contribution in [0.1, 0.15) is 31.8 Å². The third-order valence-electron chi connectivity index (χ3n) is 3.86. The molecule has 14 heteroatoms. The molecule has 0 fully saturated rings. The summed E-state index contributed by atoms with van der Waals surface area (Å²) in [5.41, 5.74) is -4.30. The van der Waals surface area contributed by atoms with Crippen LogP contribution in [0.25, 0.3) is 0 Å². The maximum Gasteiger partial charge on any atom is 0.416 e. The highest BCUT2D eigenvalue weighted by molar-refractivity contribution is 5.97. The zero-order chi connectivity index (χ0) is 25.8. The molecule has 8 nitrogen and oxygen atoms in total. The maximum atomic E-state index is 12.8. The van der Waals surface area contributed by atoms with E-state index in [1.54, 1.807) is 0 Å². The second kappa shape index (κ2) is 9.64. The molecule has 0 bridgehead atoms. The van der Waals surface area contributed by atoms with Crippen LogP contribution < -0.4 is 9.47 Å². The Hall–Kier alpha value is -4.36. The van der Waals surface area contributed by atoms with Crippen molar-refractivity contribution < 1.29 is 65.2 Å². The normalized spacial score (nSPS) is 11.8. The smallest absolute Gasteiger partial charge is 0.416 e. The number of benzene rings is 2. The topological polar surface area (TPSA) is 127 Å². The van der Waals surface area contributed by atoms with Crippen molar-refractivity contribution in [1.29, 1.82) is 0 Å². The molecular formula is C20H10F6O8.